The van der Waals surface area contributed by atoms with Gasteiger partial charge in [0.1, 0.15) is 12.3 Å². The van der Waals surface area contributed by atoms with E-state index in [4.69, 9.17) is 9.47 Å². The molecule has 0 radical (unpaired) electrons. The van der Waals surface area contributed by atoms with E-state index in [-0.39, 0.29) is 19.1 Å². The summed E-state index contributed by atoms with van der Waals surface area (Å²) < 4.78 is 10.8. The fourth-order valence-electron chi connectivity index (χ4n) is 3.71. The van der Waals surface area contributed by atoms with Crippen LogP contribution in [0.15, 0.2) is 42.5 Å². The number of anilines is 2. The molecule has 1 heterocycles. The molecule has 29 heavy (non-hydrogen) atoms. The summed E-state index contributed by atoms with van der Waals surface area (Å²) in [7, 11) is 0. The Hall–Kier alpha value is -3.35. The van der Waals surface area contributed by atoms with E-state index in [2.05, 4.69) is 5.32 Å². The van der Waals surface area contributed by atoms with E-state index in [9.17, 15) is 14.4 Å². The first-order chi connectivity index (χ1) is 14.0. The Morgan fingerprint density at radius 3 is 2.79 bits per heavy atom. The molecular weight excluding hydrogens is 372 g/mol. The topological polar surface area (TPSA) is 84.9 Å². The Bertz CT molecular complexity index is 971. The number of fused-ring (bicyclic) bond motifs is 2. The van der Waals surface area contributed by atoms with Crippen LogP contribution < -0.4 is 15.0 Å². The molecule has 2 aliphatic rings. The fourth-order valence-corrected chi connectivity index (χ4v) is 3.71. The van der Waals surface area contributed by atoms with Crippen molar-refractivity contribution in [2.24, 2.45) is 0 Å². The smallest absolute Gasteiger partial charge is 0.344 e. The van der Waals surface area contributed by atoms with Gasteiger partial charge >= 0.3 is 5.97 Å². The van der Waals surface area contributed by atoms with Gasteiger partial charge in [-0.05, 0) is 61.6 Å². The number of hydrogen-bond donors (Lipinski definition) is 1. The van der Waals surface area contributed by atoms with Crippen LogP contribution in [-0.4, -0.2) is 37.0 Å². The van der Waals surface area contributed by atoms with Crippen LogP contribution in [0, 0.1) is 0 Å². The Balaban J connectivity index is 1.35. The van der Waals surface area contributed by atoms with Crippen LogP contribution in [-0.2, 0) is 32.0 Å². The third-order valence-electron chi connectivity index (χ3n) is 5.12. The van der Waals surface area contributed by atoms with Gasteiger partial charge in [0.25, 0.3) is 5.91 Å². The summed E-state index contributed by atoms with van der Waals surface area (Å²) in [6, 6.07) is 12.8. The number of para-hydroxylation sites is 2. The normalized spacial score (nSPS) is 15.8. The SMILES string of the molecule is C[C@@H](OC(=O)COc1ccc2c(c1)CCC2)C(=O)N1CC(=O)Nc2ccccc21. The van der Waals surface area contributed by atoms with E-state index in [0.29, 0.717) is 17.1 Å². The van der Waals surface area contributed by atoms with Gasteiger partial charge in [-0.2, -0.15) is 0 Å². The number of amides is 2. The van der Waals surface area contributed by atoms with Crippen molar-refractivity contribution < 1.29 is 23.9 Å². The van der Waals surface area contributed by atoms with Crippen LogP contribution in [0.3, 0.4) is 0 Å². The molecule has 0 bridgehead atoms. The lowest BCUT2D eigenvalue weighted by Gasteiger charge is -2.30. The van der Waals surface area contributed by atoms with Gasteiger partial charge in [0.2, 0.25) is 5.91 Å². The third kappa shape index (κ3) is 4.08. The molecule has 0 unspecified atom stereocenters. The molecule has 7 nitrogen and oxygen atoms in total. The van der Waals surface area contributed by atoms with Crippen LogP contribution in [0.5, 0.6) is 5.75 Å². The summed E-state index contributed by atoms with van der Waals surface area (Å²) in [5, 5.41) is 2.72. The van der Waals surface area contributed by atoms with Gasteiger partial charge < -0.3 is 14.8 Å². The Labute approximate surface area is 168 Å². The molecule has 1 aliphatic carbocycles. The number of nitrogens with zero attached hydrogens (tertiary/aromatic N) is 1. The lowest BCUT2D eigenvalue weighted by molar-refractivity contribution is -0.155. The molecular formula is C22H22N2O5. The van der Waals surface area contributed by atoms with E-state index >= 15 is 0 Å². The maximum atomic E-state index is 12.8. The summed E-state index contributed by atoms with van der Waals surface area (Å²) in [6.07, 6.45) is 2.20. The number of esters is 1. The molecule has 0 spiro atoms. The molecule has 2 amide bonds. The molecule has 0 fully saturated rings. The number of aryl methyl sites for hydroxylation is 2. The van der Waals surface area contributed by atoms with Crippen molar-refractivity contribution in [3.8, 4) is 5.75 Å². The standard InChI is InChI=1S/C22H22N2O5/c1-14(22(27)24-12-20(25)23-18-7-2-3-8-19(18)24)29-21(26)13-28-17-10-9-15-5-4-6-16(15)11-17/h2-3,7-11,14H,4-6,12-13H2,1H3,(H,23,25)/t14-/m1/s1. The Morgan fingerprint density at radius 2 is 1.93 bits per heavy atom. The van der Waals surface area contributed by atoms with Crippen molar-refractivity contribution in [2.75, 3.05) is 23.4 Å². The van der Waals surface area contributed by atoms with E-state index in [1.165, 1.54) is 23.0 Å². The van der Waals surface area contributed by atoms with E-state index in [0.717, 1.165) is 19.3 Å². The van der Waals surface area contributed by atoms with Gasteiger partial charge in [0.05, 0.1) is 11.4 Å². The monoisotopic (exact) mass is 394 g/mol. The minimum atomic E-state index is -1.04. The van der Waals surface area contributed by atoms with Crippen molar-refractivity contribution in [1.29, 1.82) is 0 Å². The summed E-state index contributed by atoms with van der Waals surface area (Å²) in [5.41, 5.74) is 3.71. The molecule has 2 aromatic rings. The van der Waals surface area contributed by atoms with Gasteiger partial charge in [-0.25, -0.2) is 4.79 Å². The minimum Gasteiger partial charge on any atom is -0.482 e. The molecule has 0 aromatic heterocycles. The maximum absolute atomic E-state index is 12.8. The Kier molecular flexibility index (Phi) is 5.20. The van der Waals surface area contributed by atoms with E-state index < -0.39 is 18.0 Å². The third-order valence-corrected chi connectivity index (χ3v) is 5.12. The van der Waals surface area contributed by atoms with Crippen molar-refractivity contribution in [3.05, 3.63) is 53.6 Å². The zero-order chi connectivity index (χ0) is 20.4. The van der Waals surface area contributed by atoms with Crippen LogP contribution in [0.1, 0.15) is 24.5 Å². The highest BCUT2D eigenvalue weighted by Crippen LogP contribution is 2.29. The van der Waals surface area contributed by atoms with Crippen molar-refractivity contribution in [3.63, 3.8) is 0 Å². The molecule has 1 aliphatic heterocycles. The van der Waals surface area contributed by atoms with Crippen molar-refractivity contribution in [2.45, 2.75) is 32.3 Å². The molecule has 150 valence electrons. The summed E-state index contributed by atoms with van der Waals surface area (Å²) in [6.45, 7) is 1.08. The molecule has 1 N–H and O–H groups in total. The number of nitrogens with one attached hydrogen (secondary N) is 1. The maximum Gasteiger partial charge on any atom is 0.344 e. The average Bonchev–Trinajstić information content (AvgIpc) is 3.19. The molecule has 4 rings (SSSR count). The van der Waals surface area contributed by atoms with E-state index in [1.54, 1.807) is 24.3 Å². The predicted molar refractivity (Wildman–Crippen MR) is 107 cm³/mol. The molecule has 7 heteroatoms. The Morgan fingerprint density at radius 1 is 1.14 bits per heavy atom. The highest BCUT2D eigenvalue weighted by Gasteiger charge is 2.31. The fraction of sp³-hybridized carbons (Fsp3) is 0.318. The zero-order valence-electron chi connectivity index (χ0n) is 16.1. The first kappa shape index (κ1) is 19.0. The van der Waals surface area contributed by atoms with Crippen molar-refractivity contribution >= 4 is 29.2 Å². The summed E-state index contributed by atoms with van der Waals surface area (Å²) >= 11 is 0. The second kappa shape index (κ2) is 7.95. The predicted octanol–water partition coefficient (Wildman–Crippen LogP) is 2.47. The second-order valence-corrected chi connectivity index (χ2v) is 7.19. The lowest BCUT2D eigenvalue weighted by Crippen LogP contribution is -2.47. The van der Waals surface area contributed by atoms with Gasteiger partial charge in [0.15, 0.2) is 12.7 Å². The second-order valence-electron chi connectivity index (χ2n) is 7.19. The van der Waals surface area contributed by atoms with Gasteiger partial charge in [-0.1, -0.05) is 18.2 Å². The van der Waals surface area contributed by atoms with Gasteiger partial charge in [-0.15, -0.1) is 0 Å². The molecule has 1 atom stereocenters. The van der Waals surface area contributed by atoms with Crippen LogP contribution in [0.25, 0.3) is 0 Å². The lowest BCUT2D eigenvalue weighted by atomic mass is 10.1. The highest BCUT2D eigenvalue weighted by molar-refractivity contribution is 6.11. The molecule has 2 aromatic carbocycles. The molecule has 0 saturated carbocycles. The van der Waals surface area contributed by atoms with Crippen LogP contribution in [0.4, 0.5) is 11.4 Å². The van der Waals surface area contributed by atoms with Crippen LogP contribution >= 0.6 is 0 Å². The highest BCUT2D eigenvalue weighted by atomic mass is 16.6. The molecule has 0 saturated heterocycles. The van der Waals surface area contributed by atoms with Gasteiger partial charge in [0, 0.05) is 0 Å². The first-order valence-corrected chi connectivity index (χ1v) is 9.65. The van der Waals surface area contributed by atoms with Crippen LogP contribution in [0.2, 0.25) is 0 Å². The number of carbonyl (C=O) groups excluding carboxylic acids is 3. The average molecular weight is 394 g/mol. The minimum absolute atomic E-state index is 0.122. The zero-order valence-corrected chi connectivity index (χ0v) is 16.1. The number of ether oxygens (including phenoxy) is 2. The number of benzene rings is 2. The van der Waals surface area contributed by atoms with Crippen molar-refractivity contribution in [1.82, 2.24) is 0 Å². The van der Waals surface area contributed by atoms with Gasteiger partial charge in [-0.3, -0.25) is 14.5 Å². The number of hydrogen-bond acceptors (Lipinski definition) is 5. The largest absolute Gasteiger partial charge is 0.482 e. The number of rotatable bonds is 5. The van der Waals surface area contributed by atoms with E-state index in [1.807, 2.05) is 18.2 Å². The number of carbonyl (C=O) groups is 3. The summed E-state index contributed by atoms with van der Waals surface area (Å²) in [4.78, 5) is 38.2. The first-order valence-electron chi connectivity index (χ1n) is 9.65. The summed E-state index contributed by atoms with van der Waals surface area (Å²) in [5.74, 6) is -0.780. The quantitative estimate of drug-likeness (QED) is 0.788.